The average Bonchev–Trinajstić information content (AvgIpc) is 2.47. The Morgan fingerprint density at radius 3 is 3.00 bits per heavy atom. The van der Waals surface area contributed by atoms with Gasteiger partial charge in [-0.25, -0.2) is 0 Å². The minimum atomic E-state index is 0.284. The van der Waals surface area contributed by atoms with E-state index in [4.69, 9.17) is 11.6 Å². The SMILES string of the molecule is Cc1ccnn1C(Br)CCCCl. The summed E-state index contributed by atoms with van der Waals surface area (Å²) in [4.78, 5) is 0.284. The highest BCUT2D eigenvalue weighted by Crippen LogP contribution is 2.21. The normalized spacial score (nSPS) is 13.2. The Kier molecular flexibility index (Phi) is 4.09. The molecule has 1 heterocycles. The number of aryl methyl sites for hydroxylation is 1. The zero-order valence-electron chi connectivity index (χ0n) is 7.00. The van der Waals surface area contributed by atoms with Crippen molar-refractivity contribution in [2.45, 2.75) is 24.7 Å². The van der Waals surface area contributed by atoms with Crippen LogP contribution in [0.3, 0.4) is 0 Å². The summed E-state index contributed by atoms with van der Waals surface area (Å²) in [6.45, 7) is 2.04. The van der Waals surface area contributed by atoms with Crippen LogP contribution in [-0.2, 0) is 0 Å². The predicted molar refractivity (Wildman–Crippen MR) is 54.9 cm³/mol. The Hall–Kier alpha value is -0.0200. The van der Waals surface area contributed by atoms with Crippen molar-refractivity contribution in [1.82, 2.24) is 9.78 Å². The summed E-state index contributed by atoms with van der Waals surface area (Å²) in [6.07, 6.45) is 3.84. The number of alkyl halides is 2. The van der Waals surface area contributed by atoms with E-state index in [-0.39, 0.29) is 4.95 Å². The van der Waals surface area contributed by atoms with Crippen molar-refractivity contribution in [3.05, 3.63) is 18.0 Å². The second kappa shape index (κ2) is 4.87. The third-order valence-electron chi connectivity index (χ3n) is 1.71. The van der Waals surface area contributed by atoms with Gasteiger partial charge in [-0.2, -0.15) is 5.10 Å². The van der Waals surface area contributed by atoms with E-state index in [9.17, 15) is 0 Å². The molecule has 0 aliphatic heterocycles. The monoisotopic (exact) mass is 250 g/mol. The molecule has 0 spiro atoms. The first-order valence-electron chi connectivity index (χ1n) is 3.96. The highest BCUT2D eigenvalue weighted by molar-refractivity contribution is 9.09. The van der Waals surface area contributed by atoms with Crippen molar-refractivity contribution in [1.29, 1.82) is 0 Å². The van der Waals surface area contributed by atoms with E-state index in [1.165, 1.54) is 5.69 Å². The molecule has 0 aliphatic rings. The van der Waals surface area contributed by atoms with Gasteiger partial charge in [0.2, 0.25) is 0 Å². The van der Waals surface area contributed by atoms with Gasteiger partial charge in [0.25, 0.3) is 0 Å². The maximum Gasteiger partial charge on any atom is 0.107 e. The Bertz CT molecular complexity index is 237. The van der Waals surface area contributed by atoms with E-state index in [1.807, 2.05) is 23.9 Å². The molecule has 0 bridgehead atoms. The summed E-state index contributed by atoms with van der Waals surface area (Å²) in [5.41, 5.74) is 1.17. The van der Waals surface area contributed by atoms with Crippen LogP contribution in [0.4, 0.5) is 0 Å². The molecule has 1 atom stereocenters. The van der Waals surface area contributed by atoms with Crippen LogP contribution in [0.15, 0.2) is 12.3 Å². The Balaban J connectivity index is 2.52. The standard InChI is InChI=1S/C8H12BrClN2/c1-7-4-6-11-12(7)8(9)3-2-5-10/h4,6,8H,2-3,5H2,1H3. The van der Waals surface area contributed by atoms with Crippen molar-refractivity contribution < 1.29 is 0 Å². The molecule has 0 radical (unpaired) electrons. The molecule has 0 saturated heterocycles. The van der Waals surface area contributed by atoms with Crippen LogP contribution < -0.4 is 0 Å². The molecule has 1 aromatic heterocycles. The van der Waals surface area contributed by atoms with Crippen molar-refractivity contribution in [2.24, 2.45) is 0 Å². The van der Waals surface area contributed by atoms with Crippen molar-refractivity contribution in [2.75, 3.05) is 5.88 Å². The minimum Gasteiger partial charge on any atom is -0.256 e. The van der Waals surface area contributed by atoms with Crippen LogP contribution in [0, 0.1) is 6.92 Å². The van der Waals surface area contributed by atoms with Crippen LogP contribution >= 0.6 is 27.5 Å². The van der Waals surface area contributed by atoms with Gasteiger partial charge >= 0.3 is 0 Å². The van der Waals surface area contributed by atoms with Crippen LogP contribution in [0.2, 0.25) is 0 Å². The molecule has 1 unspecified atom stereocenters. The number of aromatic nitrogens is 2. The number of halogens is 2. The lowest BCUT2D eigenvalue weighted by Crippen LogP contribution is -2.05. The van der Waals surface area contributed by atoms with Crippen LogP contribution in [-0.4, -0.2) is 15.7 Å². The largest absolute Gasteiger partial charge is 0.256 e. The van der Waals surface area contributed by atoms with E-state index < -0.39 is 0 Å². The lowest BCUT2D eigenvalue weighted by molar-refractivity contribution is 0.554. The lowest BCUT2D eigenvalue weighted by atomic mass is 10.3. The molecule has 0 N–H and O–H groups in total. The van der Waals surface area contributed by atoms with Crippen LogP contribution in [0.5, 0.6) is 0 Å². The van der Waals surface area contributed by atoms with E-state index in [2.05, 4.69) is 21.0 Å². The zero-order chi connectivity index (χ0) is 8.97. The summed E-state index contributed by atoms with van der Waals surface area (Å²) in [5.74, 6) is 0.711. The lowest BCUT2D eigenvalue weighted by Gasteiger charge is -2.11. The molecular formula is C8H12BrClN2. The number of hydrogen-bond acceptors (Lipinski definition) is 1. The molecule has 12 heavy (non-hydrogen) atoms. The second-order valence-corrected chi connectivity index (χ2v) is 4.12. The topological polar surface area (TPSA) is 17.8 Å². The van der Waals surface area contributed by atoms with E-state index in [0.29, 0.717) is 5.88 Å². The summed E-state index contributed by atoms with van der Waals surface area (Å²) in [6, 6.07) is 1.99. The van der Waals surface area contributed by atoms with Crippen molar-refractivity contribution in [3.63, 3.8) is 0 Å². The molecule has 2 nitrogen and oxygen atoms in total. The van der Waals surface area contributed by atoms with Gasteiger partial charge in [0, 0.05) is 17.8 Å². The summed E-state index contributed by atoms with van der Waals surface area (Å²) >= 11 is 9.16. The van der Waals surface area contributed by atoms with Gasteiger partial charge in [-0.05, 0) is 25.8 Å². The maximum atomic E-state index is 5.60. The quantitative estimate of drug-likeness (QED) is 0.752. The molecule has 0 amide bonds. The molecule has 0 aromatic carbocycles. The smallest absolute Gasteiger partial charge is 0.107 e. The Morgan fingerprint density at radius 1 is 1.75 bits per heavy atom. The number of hydrogen-bond donors (Lipinski definition) is 0. The highest BCUT2D eigenvalue weighted by Gasteiger charge is 2.07. The predicted octanol–water partition coefficient (Wildman–Crippen LogP) is 3.10. The van der Waals surface area contributed by atoms with Gasteiger partial charge in [0.05, 0.1) is 0 Å². The van der Waals surface area contributed by atoms with E-state index >= 15 is 0 Å². The number of nitrogens with zero attached hydrogens (tertiary/aromatic N) is 2. The third kappa shape index (κ3) is 2.49. The first kappa shape index (κ1) is 10.1. The second-order valence-electron chi connectivity index (χ2n) is 2.68. The Morgan fingerprint density at radius 2 is 2.50 bits per heavy atom. The molecule has 68 valence electrons. The van der Waals surface area contributed by atoms with Gasteiger partial charge in [-0.1, -0.05) is 15.9 Å². The third-order valence-corrected chi connectivity index (χ3v) is 2.82. The molecule has 0 saturated carbocycles. The summed E-state index contributed by atoms with van der Waals surface area (Å²) < 4.78 is 1.96. The summed E-state index contributed by atoms with van der Waals surface area (Å²) in [5, 5.41) is 4.20. The highest BCUT2D eigenvalue weighted by atomic mass is 79.9. The fraction of sp³-hybridized carbons (Fsp3) is 0.625. The fourth-order valence-electron chi connectivity index (χ4n) is 1.04. The van der Waals surface area contributed by atoms with E-state index in [1.54, 1.807) is 0 Å². The van der Waals surface area contributed by atoms with Gasteiger partial charge in [0.1, 0.15) is 4.95 Å². The van der Waals surface area contributed by atoms with Gasteiger partial charge in [0.15, 0.2) is 0 Å². The molecule has 1 rings (SSSR count). The van der Waals surface area contributed by atoms with Crippen molar-refractivity contribution >= 4 is 27.5 Å². The average molecular weight is 252 g/mol. The first-order valence-corrected chi connectivity index (χ1v) is 5.41. The van der Waals surface area contributed by atoms with Crippen molar-refractivity contribution in [3.8, 4) is 0 Å². The minimum absolute atomic E-state index is 0.284. The zero-order valence-corrected chi connectivity index (χ0v) is 9.35. The van der Waals surface area contributed by atoms with Gasteiger partial charge < -0.3 is 0 Å². The number of rotatable bonds is 4. The summed E-state index contributed by atoms with van der Waals surface area (Å²) in [7, 11) is 0. The molecule has 4 heteroatoms. The van der Waals surface area contributed by atoms with Crippen LogP contribution in [0.25, 0.3) is 0 Å². The molecule has 1 aromatic rings. The Labute approximate surface area is 86.0 Å². The molecule has 0 aliphatic carbocycles. The van der Waals surface area contributed by atoms with Gasteiger partial charge in [-0.3, -0.25) is 4.68 Å². The maximum absolute atomic E-state index is 5.60. The molecule has 0 fully saturated rings. The fourth-order valence-corrected chi connectivity index (χ4v) is 1.95. The van der Waals surface area contributed by atoms with Crippen LogP contribution in [0.1, 0.15) is 23.5 Å². The van der Waals surface area contributed by atoms with Gasteiger partial charge in [-0.15, -0.1) is 11.6 Å². The first-order chi connectivity index (χ1) is 5.75. The molecular weight excluding hydrogens is 239 g/mol. The van der Waals surface area contributed by atoms with E-state index in [0.717, 1.165) is 12.8 Å².